The van der Waals surface area contributed by atoms with Crippen molar-refractivity contribution in [3.8, 4) is 0 Å². The number of aryl methyl sites for hydroxylation is 1. The Bertz CT molecular complexity index is 777. The molecule has 3 aliphatic heterocycles. The van der Waals surface area contributed by atoms with E-state index in [1.807, 2.05) is 12.1 Å². The predicted molar refractivity (Wildman–Crippen MR) is 106 cm³/mol. The van der Waals surface area contributed by atoms with Gasteiger partial charge in [0.1, 0.15) is 0 Å². The number of rotatable bonds is 7. The summed E-state index contributed by atoms with van der Waals surface area (Å²) in [6.45, 7) is 4.24. The molecule has 0 unspecified atom stereocenters. The lowest BCUT2D eigenvalue weighted by Crippen LogP contribution is -2.40. The van der Waals surface area contributed by atoms with Gasteiger partial charge in [0.15, 0.2) is 0 Å². The molecule has 2 bridgehead atoms. The zero-order valence-electron chi connectivity index (χ0n) is 16.7. The van der Waals surface area contributed by atoms with Crippen LogP contribution in [0.5, 0.6) is 0 Å². The summed E-state index contributed by atoms with van der Waals surface area (Å²) in [5, 5.41) is 0. The minimum atomic E-state index is -3.46. The molecular weight excluding hydrogens is 360 g/mol. The van der Waals surface area contributed by atoms with Crippen molar-refractivity contribution < 1.29 is 13.2 Å². The topological polar surface area (TPSA) is 49.9 Å². The van der Waals surface area contributed by atoms with Crippen LogP contribution in [0.15, 0.2) is 29.2 Å². The number of benzene rings is 1. The fraction of sp³-hybridized carbons (Fsp3) is 0.714. The second-order valence-electron chi connectivity index (χ2n) is 8.84. The van der Waals surface area contributed by atoms with Crippen LogP contribution in [0.2, 0.25) is 0 Å². The van der Waals surface area contributed by atoms with Crippen LogP contribution in [0, 0.1) is 11.8 Å². The highest BCUT2D eigenvalue weighted by Gasteiger charge is 2.64. The van der Waals surface area contributed by atoms with Crippen LogP contribution in [0.4, 0.5) is 0 Å². The van der Waals surface area contributed by atoms with Gasteiger partial charge in [-0.3, -0.25) is 0 Å². The van der Waals surface area contributed by atoms with Crippen LogP contribution in [-0.4, -0.2) is 63.1 Å². The van der Waals surface area contributed by atoms with Crippen LogP contribution in [0.25, 0.3) is 0 Å². The van der Waals surface area contributed by atoms with Crippen molar-refractivity contribution in [3.63, 3.8) is 0 Å². The van der Waals surface area contributed by atoms with E-state index in [1.54, 1.807) is 16.4 Å². The number of sulfonamides is 1. The van der Waals surface area contributed by atoms with Gasteiger partial charge in [0.25, 0.3) is 0 Å². The predicted octanol–water partition coefficient (Wildman–Crippen LogP) is 2.76. The third-order valence-corrected chi connectivity index (χ3v) is 8.53. The van der Waals surface area contributed by atoms with Crippen molar-refractivity contribution >= 4 is 10.0 Å². The number of hydrogen-bond donors (Lipinski definition) is 0. The van der Waals surface area contributed by atoms with Gasteiger partial charge in [-0.15, -0.1) is 0 Å². The number of nitrogens with zero attached hydrogens (tertiary/aromatic N) is 2. The molecule has 5 nitrogen and oxygen atoms in total. The first kappa shape index (κ1) is 19.4. The van der Waals surface area contributed by atoms with Crippen molar-refractivity contribution in [3.05, 3.63) is 29.8 Å². The Morgan fingerprint density at radius 2 is 2.00 bits per heavy atom. The molecule has 1 aromatic carbocycles. The molecule has 1 spiro atoms. The smallest absolute Gasteiger partial charge is 0.243 e. The summed E-state index contributed by atoms with van der Waals surface area (Å²) in [4.78, 5) is 2.62. The Balaban J connectivity index is 1.52. The Hall–Kier alpha value is -0.950. The molecule has 6 heteroatoms. The zero-order chi connectivity index (χ0) is 19.2. The van der Waals surface area contributed by atoms with Gasteiger partial charge < -0.3 is 9.64 Å². The van der Waals surface area contributed by atoms with E-state index in [2.05, 4.69) is 25.9 Å². The number of fused-ring (bicyclic) bond motifs is 1. The molecule has 0 aromatic heterocycles. The van der Waals surface area contributed by atoms with Gasteiger partial charge in [0.05, 0.1) is 16.6 Å². The summed E-state index contributed by atoms with van der Waals surface area (Å²) >= 11 is 0. The Kier molecular flexibility index (Phi) is 5.12. The highest BCUT2D eigenvalue weighted by atomic mass is 32.2. The van der Waals surface area contributed by atoms with Gasteiger partial charge in [0, 0.05) is 31.5 Å². The molecule has 0 aliphatic carbocycles. The van der Waals surface area contributed by atoms with Gasteiger partial charge in [-0.1, -0.05) is 25.5 Å². The van der Waals surface area contributed by atoms with E-state index >= 15 is 0 Å². The number of ether oxygens (including phenoxy) is 1. The average molecular weight is 393 g/mol. The highest BCUT2D eigenvalue weighted by Crippen LogP contribution is 2.55. The van der Waals surface area contributed by atoms with E-state index in [1.165, 1.54) is 5.56 Å². The van der Waals surface area contributed by atoms with Crippen LogP contribution < -0.4 is 0 Å². The summed E-state index contributed by atoms with van der Waals surface area (Å²) < 4.78 is 34.6. The second-order valence-corrected chi connectivity index (χ2v) is 10.8. The normalized spacial score (nSPS) is 33.1. The van der Waals surface area contributed by atoms with Crippen LogP contribution in [0.3, 0.4) is 0 Å². The summed E-state index contributed by atoms with van der Waals surface area (Å²) in [6.07, 6.45) is 5.65. The standard InChI is InChI=1S/C21H32N2O3S/c1-4-5-6-16-7-9-17(10-8-16)27(24,25)23-14-19-18(13-22(2)3)20-11-12-21(19,15-23)26-20/h7-10,18-20H,4-6,11-15H2,1-3H3/t18-,19+,20+,21+/m0/s1. The Morgan fingerprint density at radius 1 is 1.26 bits per heavy atom. The van der Waals surface area contributed by atoms with Crippen molar-refractivity contribution in [1.82, 2.24) is 9.21 Å². The van der Waals surface area contributed by atoms with Gasteiger partial charge >= 0.3 is 0 Å². The van der Waals surface area contributed by atoms with Crippen molar-refractivity contribution in [1.29, 1.82) is 0 Å². The summed E-state index contributed by atoms with van der Waals surface area (Å²) in [6, 6.07) is 7.49. The molecular formula is C21H32N2O3S. The minimum Gasteiger partial charge on any atom is -0.370 e. The first-order chi connectivity index (χ1) is 12.9. The monoisotopic (exact) mass is 392 g/mol. The van der Waals surface area contributed by atoms with E-state index in [0.717, 1.165) is 38.6 Å². The quantitative estimate of drug-likeness (QED) is 0.716. The fourth-order valence-electron chi connectivity index (χ4n) is 5.35. The molecule has 150 valence electrons. The van der Waals surface area contributed by atoms with Crippen molar-refractivity contribution in [2.24, 2.45) is 11.8 Å². The van der Waals surface area contributed by atoms with E-state index in [-0.39, 0.29) is 5.60 Å². The van der Waals surface area contributed by atoms with E-state index in [9.17, 15) is 8.42 Å². The minimum absolute atomic E-state index is 0.251. The zero-order valence-corrected chi connectivity index (χ0v) is 17.5. The summed E-state index contributed by atoms with van der Waals surface area (Å²) in [7, 11) is 0.711. The molecule has 3 fully saturated rings. The van der Waals surface area contributed by atoms with E-state index in [0.29, 0.717) is 35.9 Å². The summed E-state index contributed by atoms with van der Waals surface area (Å²) in [5.74, 6) is 0.752. The largest absolute Gasteiger partial charge is 0.370 e. The maximum absolute atomic E-state index is 13.3. The first-order valence-electron chi connectivity index (χ1n) is 10.3. The van der Waals surface area contributed by atoms with Gasteiger partial charge in [-0.05, 0) is 57.5 Å². The van der Waals surface area contributed by atoms with Gasteiger partial charge in [-0.2, -0.15) is 4.31 Å². The molecule has 1 aromatic rings. The average Bonchev–Trinajstić information content (AvgIpc) is 3.30. The molecule has 0 N–H and O–H groups in total. The molecule has 4 atom stereocenters. The van der Waals surface area contributed by atoms with Crippen LogP contribution in [-0.2, 0) is 21.2 Å². The molecule has 0 saturated carbocycles. The lowest BCUT2D eigenvalue weighted by molar-refractivity contribution is 0.00739. The maximum atomic E-state index is 13.3. The number of hydrogen-bond acceptors (Lipinski definition) is 4. The van der Waals surface area contributed by atoms with Gasteiger partial charge in [0.2, 0.25) is 10.0 Å². The molecule has 3 aliphatic rings. The van der Waals surface area contributed by atoms with Crippen LogP contribution >= 0.6 is 0 Å². The van der Waals surface area contributed by atoms with Gasteiger partial charge in [-0.25, -0.2) is 8.42 Å². The number of unbranched alkanes of at least 4 members (excludes halogenated alkanes) is 1. The fourth-order valence-corrected chi connectivity index (χ4v) is 6.88. The summed E-state index contributed by atoms with van der Waals surface area (Å²) in [5.41, 5.74) is 0.958. The third-order valence-electron chi connectivity index (χ3n) is 6.71. The molecule has 0 amide bonds. The maximum Gasteiger partial charge on any atom is 0.243 e. The lowest BCUT2D eigenvalue weighted by atomic mass is 9.73. The molecule has 4 rings (SSSR count). The van der Waals surface area contributed by atoms with Crippen molar-refractivity contribution in [2.75, 3.05) is 33.7 Å². The molecule has 3 heterocycles. The second kappa shape index (κ2) is 7.14. The van der Waals surface area contributed by atoms with E-state index in [4.69, 9.17) is 4.74 Å². The molecule has 3 saturated heterocycles. The Labute approximate surface area is 163 Å². The van der Waals surface area contributed by atoms with Crippen LogP contribution in [0.1, 0.15) is 38.2 Å². The van der Waals surface area contributed by atoms with E-state index < -0.39 is 10.0 Å². The molecule has 27 heavy (non-hydrogen) atoms. The lowest BCUT2D eigenvalue weighted by Gasteiger charge is -2.31. The third kappa shape index (κ3) is 3.35. The first-order valence-corrected chi connectivity index (χ1v) is 11.7. The Morgan fingerprint density at radius 3 is 2.67 bits per heavy atom. The van der Waals surface area contributed by atoms with Crippen molar-refractivity contribution in [2.45, 2.75) is 55.6 Å². The SMILES string of the molecule is CCCCc1ccc(S(=O)(=O)N2C[C@@H]3[C@H](CN(C)C)[C@H]4CC[C@]3(C2)O4)cc1. The highest BCUT2D eigenvalue weighted by molar-refractivity contribution is 7.89. The molecule has 0 radical (unpaired) electrons.